The summed E-state index contributed by atoms with van der Waals surface area (Å²) in [4.78, 5) is 0. The summed E-state index contributed by atoms with van der Waals surface area (Å²) in [6, 6.07) is 0. The van der Waals surface area contributed by atoms with Gasteiger partial charge in [0.1, 0.15) is 5.83 Å². The average Bonchev–Trinajstić information content (AvgIpc) is 2.11. The summed E-state index contributed by atoms with van der Waals surface area (Å²) in [5.74, 6) is -0.127. The molecule has 0 fully saturated rings. The van der Waals surface area contributed by atoms with Crippen LogP contribution in [0.2, 0.25) is 0 Å². The molecule has 0 saturated heterocycles. The zero-order valence-electron chi connectivity index (χ0n) is 8.82. The van der Waals surface area contributed by atoms with Crippen molar-refractivity contribution in [2.75, 3.05) is 0 Å². The summed E-state index contributed by atoms with van der Waals surface area (Å²) in [5.41, 5.74) is 4.68. The maximum absolute atomic E-state index is 12.8. The molecule has 0 unspecified atom stereocenters. The molecule has 72 valence electrons. The van der Waals surface area contributed by atoms with Crippen molar-refractivity contribution < 1.29 is 4.39 Å². The van der Waals surface area contributed by atoms with Gasteiger partial charge in [0.15, 0.2) is 0 Å². The lowest BCUT2D eigenvalue weighted by Gasteiger charge is -2.00. The first-order chi connectivity index (χ1) is 6.13. The fraction of sp³-hybridized carbons (Fsp3) is 0.417. The lowest BCUT2D eigenvalue weighted by Crippen LogP contribution is -1.83. The second-order valence-electron chi connectivity index (χ2n) is 2.83. The maximum Gasteiger partial charge on any atom is 0.101 e. The van der Waals surface area contributed by atoms with Gasteiger partial charge in [0.25, 0.3) is 0 Å². The van der Waals surface area contributed by atoms with Gasteiger partial charge in [-0.2, -0.15) is 0 Å². The van der Waals surface area contributed by atoms with Crippen LogP contribution >= 0.6 is 0 Å². The maximum atomic E-state index is 12.8. The van der Waals surface area contributed by atoms with Crippen LogP contribution in [0, 0.1) is 0 Å². The summed E-state index contributed by atoms with van der Waals surface area (Å²) in [5, 5.41) is 0. The van der Waals surface area contributed by atoms with Gasteiger partial charge in [0, 0.05) is 0 Å². The number of rotatable bonds is 3. The van der Waals surface area contributed by atoms with Gasteiger partial charge in [-0.15, -0.1) is 5.73 Å². The number of hydrogen-bond acceptors (Lipinski definition) is 0. The molecule has 1 heteroatoms. The van der Waals surface area contributed by atoms with Gasteiger partial charge in [-0.1, -0.05) is 19.1 Å². The van der Waals surface area contributed by atoms with Gasteiger partial charge in [0.2, 0.25) is 0 Å². The van der Waals surface area contributed by atoms with Crippen LogP contribution < -0.4 is 0 Å². The molecule has 0 heterocycles. The Morgan fingerprint density at radius 2 is 2.00 bits per heavy atom. The van der Waals surface area contributed by atoms with E-state index < -0.39 is 0 Å². The largest absolute Gasteiger partial charge is 0.212 e. The van der Waals surface area contributed by atoms with E-state index in [4.69, 9.17) is 0 Å². The second-order valence-corrected chi connectivity index (χ2v) is 2.83. The molecule has 0 aromatic carbocycles. The van der Waals surface area contributed by atoms with Crippen molar-refractivity contribution in [1.29, 1.82) is 0 Å². The van der Waals surface area contributed by atoms with Gasteiger partial charge in [0.05, 0.1) is 0 Å². The van der Waals surface area contributed by atoms with Crippen LogP contribution in [0.4, 0.5) is 4.39 Å². The summed E-state index contributed by atoms with van der Waals surface area (Å²) in [7, 11) is 0. The molecule has 0 aliphatic carbocycles. The van der Waals surface area contributed by atoms with Gasteiger partial charge < -0.3 is 0 Å². The molecular weight excluding hydrogens is 163 g/mol. The molecule has 0 amide bonds. The molecule has 0 N–H and O–H groups in total. The van der Waals surface area contributed by atoms with Crippen molar-refractivity contribution in [2.45, 2.75) is 34.1 Å². The van der Waals surface area contributed by atoms with Gasteiger partial charge in [-0.3, -0.25) is 0 Å². The van der Waals surface area contributed by atoms with Crippen molar-refractivity contribution in [3.63, 3.8) is 0 Å². The van der Waals surface area contributed by atoms with E-state index in [2.05, 4.69) is 5.73 Å². The van der Waals surface area contributed by atoms with E-state index in [1.165, 1.54) is 6.92 Å². The molecule has 0 aliphatic rings. The van der Waals surface area contributed by atoms with Crippen molar-refractivity contribution >= 4 is 0 Å². The topological polar surface area (TPSA) is 0 Å². The van der Waals surface area contributed by atoms with E-state index in [-0.39, 0.29) is 5.83 Å². The van der Waals surface area contributed by atoms with Gasteiger partial charge in [-0.25, -0.2) is 4.39 Å². The molecule has 0 saturated carbocycles. The molecule has 0 rings (SSSR count). The molecular formula is C12H17F. The first-order valence-corrected chi connectivity index (χ1v) is 4.53. The Kier molecular flexibility index (Phi) is 5.92. The Morgan fingerprint density at radius 3 is 2.38 bits per heavy atom. The fourth-order valence-corrected chi connectivity index (χ4v) is 0.928. The van der Waals surface area contributed by atoms with E-state index in [0.717, 1.165) is 12.0 Å². The quantitative estimate of drug-likeness (QED) is 0.448. The highest BCUT2D eigenvalue weighted by molar-refractivity contribution is 5.30. The standard InChI is InChI=1S/C12H17F/c1-5-7-8-9-12(6-2)10(3)11(4)13/h5,7-8H,6H2,1-4H3/b7-5+,11-10+. The minimum atomic E-state index is -0.127. The molecule has 13 heavy (non-hydrogen) atoms. The van der Waals surface area contributed by atoms with Crippen LogP contribution in [0.5, 0.6) is 0 Å². The zero-order valence-corrected chi connectivity index (χ0v) is 8.82. The third-order valence-electron chi connectivity index (χ3n) is 1.87. The Bertz CT molecular complexity index is 269. The van der Waals surface area contributed by atoms with Gasteiger partial charge in [-0.05, 0) is 44.4 Å². The van der Waals surface area contributed by atoms with E-state index in [0.29, 0.717) is 5.57 Å². The minimum Gasteiger partial charge on any atom is -0.212 e. The summed E-state index contributed by atoms with van der Waals surface area (Å²) in [6.45, 7) is 7.19. The predicted molar refractivity (Wildman–Crippen MR) is 56.2 cm³/mol. The number of hydrogen-bond donors (Lipinski definition) is 0. The Hall–Kier alpha value is -1.07. The molecule has 0 aromatic rings. The lowest BCUT2D eigenvalue weighted by molar-refractivity contribution is 0.628. The molecule has 0 aromatic heterocycles. The SMILES string of the molecule is C/C=C/C=C=C(CC)/C(C)=C(\C)F. The van der Waals surface area contributed by atoms with Crippen LogP contribution in [0.15, 0.2) is 40.9 Å². The third kappa shape index (κ3) is 4.49. The van der Waals surface area contributed by atoms with Crippen molar-refractivity contribution in [2.24, 2.45) is 0 Å². The highest BCUT2D eigenvalue weighted by Gasteiger charge is 1.99. The average molecular weight is 180 g/mol. The normalized spacial score (nSPS) is 12.4. The highest BCUT2D eigenvalue weighted by Crippen LogP contribution is 2.16. The molecule has 0 aliphatic heterocycles. The molecule has 0 bridgehead atoms. The Labute approximate surface area is 80.2 Å². The predicted octanol–water partition coefficient (Wildman–Crippen LogP) is 4.32. The number of halogens is 1. The molecule has 0 nitrogen and oxygen atoms in total. The third-order valence-corrected chi connectivity index (χ3v) is 1.87. The van der Waals surface area contributed by atoms with E-state index in [9.17, 15) is 4.39 Å². The smallest absolute Gasteiger partial charge is 0.101 e. The zero-order chi connectivity index (χ0) is 10.3. The van der Waals surface area contributed by atoms with Crippen molar-refractivity contribution in [1.82, 2.24) is 0 Å². The molecule has 0 spiro atoms. The summed E-state index contributed by atoms with van der Waals surface area (Å²) >= 11 is 0. The second kappa shape index (κ2) is 6.45. The first kappa shape index (κ1) is 11.9. The molecule has 0 radical (unpaired) electrons. The van der Waals surface area contributed by atoms with Crippen LogP contribution in [-0.4, -0.2) is 0 Å². The van der Waals surface area contributed by atoms with E-state index in [1.54, 1.807) is 6.92 Å². The van der Waals surface area contributed by atoms with Gasteiger partial charge >= 0.3 is 0 Å². The summed E-state index contributed by atoms with van der Waals surface area (Å²) < 4.78 is 12.8. The Balaban J connectivity index is 4.91. The van der Waals surface area contributed by atoms with Crippen LogP contribution in [0.25, 0.3) is 0 Å². The van der Waals surface area contributed by atoms with Crippen LogP contribution in [-0.2, 0) is 0 Å². The number of allylic oxidation sites excluding steroid dienone is 5. The van der Waals surface area contributed by atoms with E-state index in [1.807, 2.05) is 32.1 Å². The lowest BCUT2D eigenvalue weighted by atomic mass is 10.1. The molecule has 0 atom stereocenters. The van der Waals surface area contributed by atoms with Crippen LogP contribution in [0.1, 0.15) is 34.1 Å². The Morgan fingerprint density at radius 1 is 1.38 bits per heavy atom. The van der Waals surface area contributed by atoms with Crippen LogP contribution in [0.3, 0.4) is 0 Å². The minimum absolute atomic E-state index is 0.127. The first-order valence-electron chi connectivity index (χ1n) is 4.53. The highest BCUT2D eigenvalue weighted by atomic mass is 19.1. The fourth-order valence-electron chi connectivity index (χ4n) is 0.928. The van der Waals surface area contributed by atoms with E-state index >= 15 is 0 Å². The summed E-state index contributed by atoms with van der Waals surface area (Å²) in [6.07, 6.45) is 6.42. The van der Waals surface area contributed by atoms with Crippen molar-refractivity contribution in [3.05, 3.63) is 40.9 Å². The monoisotopic (exact) mass is 180 g/mol. The van der Waals surface area contributed by atoms with Crippen molar-refractivity contribution in [3.8, 4) is 0 Å².